The first-order valence-electron chi connectivity index (χ1n) is 5.66. The molecule has 5 heteroatoms. The fourth-order valence-electron chi connectivity index (χ4n) is 1.67. The molecule has 1 heterocycles. The molecule has 0 aliphatic rings. The van der Waals surface area contributed by atoms with Crippen LogP contribution in [-0.2, 0) is 16.6 Å². The van der Waals surface area contributed by atoms with Gasteiger partial charge in [-0.25, -0.2) is 4.98 Å². The lowest BCUT2D eigenvalue weighted by atomic mass is 9.90. The zero-order valence-electron chi connectivity index (χ0n) is 10.6. The summed E-state index contributed by atoms with van der Waals surface area (Å²) in [5.41, 5.74) is 0.428. The molecule has 1 atom stereocenters. The molecule has 1 aromatic rings. The van der Waals surface area contributed by atoms with E-state index in [0.29, 0.717) is 5.69 Å². The van der Waals surface area contributed by atoms with Crippen molar-refractivity contribution < 1.29 is 14.3 Å². The van der Waals surface area contributed by atoms with Crippen molar-refractivity contribution in [3.63, 3.8) is 0 Å². The van der Waals surface area contributed by atoms with Gasteiger partial charge in [0.15, 0.2) is 5.78 Å². The van der Waals surface area contributed by atoms with Crippen LogP contribution in [0.25, 0.3) is 0 Å². The zero-order chi connectivity index (χ0) is 13.0. The van der Waals surface area contributed by atoms with Crippen LogP contribution in [0.15, 0.2) is 12.5 Å². The normalized spacial score (nSPS) is 12.5. The number of Topliss-reactive ketones (excluding diaryl/α,β-unsaturated/α-hetero) is 1. The van der Waals surface area contributed by atoms with E-state index in [2.05, 4.69) is 4.98 Å². The molecule has 17 heavy (non-hydrogen) atoms. The number of hydrogen-bond donors (Lipinski definition) is 0. The number of rotatable bonds is 5. The fraction of sp³-hybridized carbons (Fsp3) is 0.583. The van der Waals surface area contributed by atoms with Gasteiger partial charge in [-0.1, -0.05) is 13.8 Å². The van der Waals surface area contributed by atoms with Crippen molar-refractivity contribution in [2.45, 2.75) is 20.8 Å². The second-order valence-corrected chi connectivity index (χ2v) is 4.23. The van der Waals surface area contributed by atoms with Crippen LogP contribution in [0.3, 0.4) is 0 Å². The Morgan fingerprint density at radius 2 is 2.12 bits per heavy atom. The van der Waals surface area contributed by atoms with Crippen LogP contribution in [0.1, 0.15) is 31.3 Å². The molecule has 0 spiro atoms. The van der Waals surface area contributed by atoms with Gasteiger partial charge in [0.25, 0.3) is 0 Å². The Balaban J connectivity index is 2.96. The number of imidazole rings is 1. The van der Waals surface area contributed by atoms with Gasteiger partial charge in [0, 0.05) is 7.05 Å². The van der Waals surface area contributed by atoms with Crippen LogP contribution in [-0.4, -0.2) is 27.9 Å². The fourth-order valence-corrected chi connectivity index (χ4v) is 1.67. The molecule has 1 unspecified atom stereocenters. The predicted molar refractivity (Wildman–Crippen MR) is 62.5 cm³/mol. The van der Waals surface area contributed by atoms with Crippen LogP contribution in [0.2, 0.25) is 0 Å². The maximum atomic E-state index is 12.2. The second kappa shape index (κ2) is 5.61. The highest BCUT2D eigenvalue weighted by Gasteiger charge is 2.33. The van der Waals surface area contributed by atoms with Gasteiger partial charge < -0.3 is 9.30 Å². The summed E-state index contributed by atoms with van der Waals surface area (Å²) in [4.78, 5) is 27.9. The van der Waals surface area contributed by atoms with Crippen molar-refractivity contribution in [2.24, 2.45) is 18.9 Å². The standard InChI is InChI=1S/C12H18N2O3/c1-5-17-12(16)10(8(2)3)11(15)9-6-13-7-14(9)4/h6-8,10H,5H2,1-4H3. The molecule has 0 aromatic carbocycles. The SMILES string of the molecule is CCOC(=O)C(C(=O)c1cncn1C)C(C)C. The van der Waals surface area contributed by atoms with Crippen molar-refractivity contribution in [3.05, 3.63) is 18.2 Å². The molecule has 1 aromatic heterocycles. The minimum absolute atomic E-state index is 0.101. The third-order valence-electron chi connectivity index (χ3n) is 2.56. The van der Waals surface area contributed by atoms with Crippen LogP contribution in [0.5, 0.6) is 0 Å². The first-order valence-corrected chi connectivity index (χ1v) is 5.66. The predicted octanol–water partition coefficient (Wildman–Crippen LogP) is 1.44. The molecule has 0 aliphatic heterocycles. The lowest BCUT2D eigenvalue weighted by Crippen LogP contribution is -2.31. The van der Waals surface area contributed by atoms with Gasteiger partial charge in [0.05, 0.1) is 19.1 Å². The number of aromatic nitrogens is 2. The Kier molecular flexibility index (Phi) is 4.43. The molecule has 0 aliphatic carbocycles. The Labute approximate surface area is 101 Å². The number of carbonyl (C=O) groups excluding carboxylic acids is 2. The maximum absolute atomic E-state index is 12.2. The Hall–Kier alpha value is -1.65. The first kappa shape index (κ1) is 13.4. The molecule has 0 amide bonds. The molecule has 0 N–H and O–H groups in total. The number of hydrogen-bond acceptors (Lipinski definition) is 4. The van der Waals surface area contributed by atoms with Gasteiger partial charge in [0.2, 0.25) is 0 Å². The quantitative estimate of drug-likeness (QED) is 0.442. The monoisotopic (exact) mass is 238 g/mol. The number of ether oxygens (including phenoxy) is 1. The highest BCUT2D eigenvalue weighted by molar-refractivity contribution is 6.07. The molecule has 0 bridgehead atoms. The second-order valence-electron chi connectivity index (χ2n) is 4.23. The van der Waals surface area contributed by atoms with Crippen molar-refractivity contribution in [3.8, 4) is 0 Å². The summed E-state index contributed by atoms with van der Waals surface area (Å²) in [6, 6.07) is 0. The van der Waals surface area contributed by atoms with Crippen molar-refractivity contribution in [2.75, 3.05) is 6.61 Å². The molecule has 1 rings (SSSR count). The molecular weight excluding hydrogens is 220 g/mol. The molecule has 94 valence electrons. The molecule has 0 fully saturated rings. The number of carbonyl (C=O) groups is 2. The Bertz CT molecular complexity index is 410. The van der Waals surface area contributed by atoms with Crippen molar-refractivity contribution in [1.82, 2.24) is 9.55 Å². The summed E-state index contributed by atoms with van der Waals surface area (Å²) in [5, 5.41) is 0. The zero-order valence-corrected chi connectivity index (χ0v) is 10.6. The number of ketones is 1. The molecule has 5 nitrogen and oxygen atoms in total. The van der Waals surface area contributed by atoms with Gasteiger partial charge in [-0.2, -0.15) is 0 Å². The molecule has 0 radical (unpaired) electrons. The van der Waals surface area contributed by atoms with E-state index in [9.17, 15) is 9.59 Å². The van der Waals surface area contributed by atoms with Gasteiger partial charge in [-0.05, 0) is 12.8 Å². The highest BCUT2D eigenvalue weighted by atomic mass is 16.5. The van der Waals surface area contributed by atoms with Crippen LogP contribution < -0.4 is 0 Å². The Morgan fingerprint density at radius 1 is 1.47 bits per heavy atom. The lowest BCUT2D eigenvalue weighted by Gasteiger charge is -2.17. The van der Waals surface area contributed by atoms with Gasteiger partial charge in [-0.15, -0.1) is 0 Å². The molecule has 0 saturated carbocycles. The third kappa shape index (κ3) is 2.93. The van der Waals surface area contributed by atoms with Crippen molar-refractivity contribution >= 4 is 11.8 Å². The van der Waals surface area contributed by atoms with E-state index in [1.807, 2.05) is 13.8 Å². The van der Waals surface area contributed by atoms with Gasteiger partial charge >= 0.3 is 5.97 Å². The van der Waals surface area contributed by atoms with E-state index in [4.69, 9.17) is 4.74 Å². The average Bonchev–Trinajstić information content (AvgIpc) is 2.64. The van der Waals surface area contributed by atoms with E-state index in [1.165, 1.54) is 12.5 Å². The van der Waals surface area contributed by atoms with Crippen LogP contribution in [0.4, 0.5) is 0 Å². The van der Waals surface area contributed by atoms with Crippen LogP contribution in [0, 0.1) is 11.8 Å². The highest BCUT2D eigenvalue weighted by Crippen LogP contribution is 2.18. The summed E-state index contributed by atoms with van der Waals surface area (Å²) in [7, 11) is 1.72. The minimum Gasteiger partial charge on any atom is -0.465 e. The largest absolute Gasteiger partial charge is 0.465 e. The third-order valence-corrected chi connectivity index (χ3v) is 2.56. The average molecular weight is 238 g/mol. The van der Waals surface area contributed by atoms with Crippen LogP contribution >= 0.6 is 0 Å². The van der Waals surface area contributed by atoms with E-state index in [0.717, 1.165) is 0 Å². The molecular formula is C12H18N2O3. The van der Waals surface area contributed by atoms with E-state index in [-0.39, 0.29) is 18.3 Å². The first-order chi connectivity index (χ1) is 7.99. The van der Waals surface area contributed by atoms with E-state index in [1.54, 1.807) is 18.5 Å². The maximum Gasteiger partial charge on any atom is 0.317 e. The summed E-state index contributed by atoms with van der Waals surface area (Å²) < 4.78 is 6.54. The van der Waals surface area contributed by atoms with Crippen molar-refractivity contribution in [1.29, 1.82) is 0 Å². The molecule has 0 saturated heterocycles. The number of esters is 1. The van der Waals surface area contributed by atoms with Gasteiger partial charge in [-0.3, -0.25) is 9.59 Å². The van der Waals surface area contributed by atoms with E-state index >= 15 is 0 Å². The summed E-state index contributed by atoms with van der Waals surface area (Å²) in [5.74, 6) is -1.56. The lowest BCUT2D eigenvalue weighted by molar-refractivity contribution is -0.147. The summed E-state index contributed by atoms with van der Waals surface area (Å²) in [6.07, 6.45) is 3.01. The number of nitrogens with zero attached hydrogens (tertiary/aromatic N) is 2. The summed E-state index contributed by atoms with van der Waals surface area (Å²) in [6.45, 7) is 5.66. The Morgan fingerprint density at radius 3 is 2.53 bits per heavy atom. The van der Waals surface area contributed by atoms with Gasteiger partial charge in [0.1, 0.15) is 11.6 Å². The topological polar surface area (TPSA) is 61.2 Å². The van der Waals surface area contributed by atoms with E-state index < -0.39 is 11.9 Å². The number of aryl methyl sites for hydroxylation is 1. The smallest absolute Gasteiger partial charge is 0.317 e. The summed E-state index contributed by atoms with van der Waals surface area (Å²) >= 11 is 0. The minimum atomic E-state index is -0.759.